The van der Waals surface area contributed by atoms with E-state index in [2.05, 4.69) is 16.9 Å². The lowest BCUT2D eigenvalue weighted by atomic mass is 10.1. The number of benzene rings is 1. The second-order valence-corrected chi connectivity index (χ2v) is 8.85. The molecule has 0 bridgehead atoms. The molecule has 0 fully saturated rings. The van der Waals surface area contributed by atoms with Gasteiger partial charge in [0.15, 0.2) is 0 Å². The average molecular weight is 563 g/mol. The van der Waals surface area contributed by atoms with E-state index >= 15 is 0 Å². The van der Waals surface area contributed by atoms with Gasteiger partial charge in [-0.1, -0.05) is 13.3 Å². The van der Waals surface area contributed by atoms with Gasteiger partial charge in [-0.05, 0) is 43.7 Å². The summed E-state index contributed by atoms with van der Waals surface area (Å²) in [7, 11) is 1.46. The summed E-state index contributed by atoms with van der Waals surface area (Å²) in [6.45, 7) is 4.10. The van der Waals surface area contributed by atoms with Crippen molar-refractivity contribution in [2.24, 2.45) is 0 Å². The molecule has 0 saturated carbocycles. The maximum atomic E-state index is 14.2. The second-order valence-electron chi connectivity index (χ2n) is 8.85. The summed E-state index contributed by atoms with van der Waals surface area (Å²) in [4.78, 5) is 12.0. The van der Waals surface area contributed by atoms with Crippen molar-refractivity contribution in [1.82, 2.24) is 19.5 Å². The van der Waals surface area contributed by atoms with Gasteiger partial charge in [0.05, 0.1) is 18.4 Å². The topological polar surface area (TPSA) is 71.3 Å². The number of unbranched alkanes of at least 4 members (excludes halogenated alkanes) is 1. The number of hydrogen-bond donors (Lipinski definition) is 0. The van der Waals surface area contributed by atoms with Crippen molar-refractivity contribution in [3.8, 4) is 34.1 Å². The van der Waals surface area contributed by atoms with Crippen molar-refractivity contribution < 1.29 is 36.2 Å². The maximum Gasteiger partial charge on any atom is 0.417 e. The molecule has 212 valence electrons. The molecular weight excluding hydrogens is 535 g/mol. The van der Waals surface area contributed by atoms with Gasteiger partial charge < -0.3 is 18.8 Å². The number of nitrogens with zero attached hydrogens (tertiary/aromatic N) is 4. The zero-order chi connectivity index (χ0) is 28.9. The molecule has 1 atom stereocenters. The van der Waals surface area contributed by atoms with Gasteiger partial charge in [-0.2, -0.15) is 17.6 Å². The van der Waals surface area contributed by atoms with Gasteiger partial charge in [0.1, 0.15) is 41.7 Å². The van der Waals surface area contributed by atoms with Crippen molar-refractivity contribution >= 4 is 0 Å². The molecule has 4 aromatic rings. The van der Waals surface area contributed by atoms with Crippen LogP contribution in [0.2, 0.25) is 0 Å². The van der Waals surface area contributed by atoms with Crippen molar-refractivity contribution in [3.05, 3.63) is 78.0 Å². The minimum Gasteiger partial charge on any atom is -0.496 e. The molecule has 0 N–H and O–H groups in total. The van der Waals surface area contributed by atoms with E-state index in [0.717, 1.165) is 12.8 Å². The third kappa shape index (κ3) is 6.74. The van der Waals surface area contributed by atoms with Gasteiger partial charge in [0.2, 0.25) is 5.95 Å². The Morgan fingerprint density at radius 3 is 2.48 bits per heavy atom. The van der Waals surface area contributed by atoms with Crippen LogP contribution in [0, 0.1) is 11.8 Å². The molecule has 1 aromatic carbocycles. The third-order valence-corrected chi connectivity index (χ3v) is 6.04. The summed E-state index contributed by atoms with van der Waals surface area (Å²) >= 11 is 0. The maximum absolute atomic E-state index is 14.2. The van der Waals surface area contributed by atoms with Crippen molar-refractivity contribution in [3.63, 3.8) is 0 Å². The van der Waals surface area contributed by atoms with E-state index in [4.69, 9.17) is 19.2 Å². The summed E-state index contributed by atoms with van der Waals surface area (Å²) in [5.41, 5.74) is 0.265. The smallest absolute Gasteiger partial charge is 0.417 e. The highest BCUT2D eigenvalue weighted by Gasteiger charge is 2.32. The van der Waals surface area contributed by atoms with E-state index in [-0.39, 0.29) is 17.7 Å². The molecule has 40 heavy (non-hydrogen) atoms. The molecule has 12 heteroatoms. The summed E-state index contributed by atoms with van der Waals surface area (Å²) in [6.07, 6.45) is 0.519. The van der Waals surface area contributed by atoms with Crippen LogP contribution in [0.4, 0.5) is 22.0 Å². The first kappa shape index (κ1) is 28.9. The van der Waals surface area contributed by atoms with Gasteiger partial charge in [-0.25, -0.2) is 14.4 Å². The molecule has 3 aromatic heterocycles. The van der Waals surface area contributed by atoms with Crippen LogP contribution in [-0.4, -0.2) is 33.2 Å². The fourth-order valence-corrected chi connectivity index (χ4v) is 3.85. The van der Waals surface area contributed by atoms with Gasteiger partial charge in [0.25, 0.3) is 0 Å². The highest BCUT2D eigenvalue weighted by Crippen LogP contribution is 2.36. The van der Waals surface area contributed by atoms with Gasteiger partial charge in [-0.15, -0.1) is 0 Å². The number of aromatic nitrogens is 4. The van der Waals surface area contributed by atoms with Crippen LogP contribution in [0.3, 0.4) is 0 Å². The molecular formula is C28H27F5N4O3. The lowest BCUT2D eigenvalue weighted by Crippen LogP contribution is -2.11. The van der Waals surface area contributed by atoms with E-state index < -0.39 is 30.1 Å². The second kappa shape index (κ2) is 12.4. The van der Waals surface area contributed by atoms with E-state index in [0.29, 0.717) is 47.3 Å². The Balaban J connectivity index is 1.60. The first-order valence-corrected chi connectivity index (χ1v) is 12.5. The predicted molar refractivity (Wildman–Crippen MR) is 137 cm³/mol. The number of rotatable bonds is 11. The first-order chi connectivity index (χ1) is 19.1. The lowest BCUT2D eigenvalue weighted by molar-refractivity contribution is -0.138. The van der Waals surface area contributed by atoms with E-state index in [1.54, 1.807) is 30.5 Å². The zero-order valence-corrected chi connectivity index (χ0v) is 22.0. The van der Waals surface area contributed by atoms with E-state index in [9.17, 15) is 22.0 Å². The van der Waals surface area contributed by atoms with Crippen molar-refractivity contribution in [2.45, 2.75) is 45.7 Å². The van der Waals surface area contributed by atoms with Crippen LogP contribution in [-0.2, 0) is 17.5 Å². The molecule has 0 aliphatic heterocycles. The largest absolute Gasteiger partial charge is 0.496 e. The molecule has 0 radical (unpaired) electrons. The average Bonchev–Trinajstić information content (AvgIpc) is 3.37. The minimum atomic E-state index is -4.70. The number of ether oxygens (including phenoxy) is 3. The number of halogens is 5. The highest BCUT2D eigenvalue weighted by molar-refractivity contribution is 5.71. The Bertz CT molecular complexity index is 1440. The molecule has 0 aliphatic carbocycles. The molecule has 1 unspecified atom stereocenters. The molecule has 0 amide bonds. The molecule has 0 aliphatic rings. The zero-order valence-electron chi connectivity index (χ0n) is 22.0. The van der Waals surface area contributed by atoms with E-state index in [1.807, 2.05) is 11.5 Å². The Morgan fingerprint density at radius 1 is 1.02 bits per heavy atom. The van der Waals surface area contributed by atoms with Crippen molar-refractivity contribution in [2.75, 3.05) is 13.7 Å². The fourth-order valence-electron chi connectivity index (χ4n) is 3.85. The van der Waals surface area contributed by atoms with Crippen LogP contribution in [0.1, 0.15) is 44.2 Å². The van der Waals surface area contributed by atoms with Crippen LogP contribution >= 0.6 is 0 Å². The van der Waals surface area contributed by atoms with Crippen LogP contribution in [0.25, 0.3) is 22.6 Å². The van der Waals surface area contributed by atoms with Crippen molar-refractivity contribution in [1.29, 1.82) is 0 Å². The Labute approximate surface area is 227 Å². The molecule has 4 rings (SSSR count). The Kier molecular flexibility index (Phi) is 8.98. The van der Waals surface area contributed by atoms with Gasteiger partial charge >= 0.3 is 6.18 Å². The molecule has 0 saturated heterocycles. The summed E-state index contributed by atoms with van der Waals surface area (Å²) in [5, 5.41) is 0. The number of methoxy groups -OCH3 is 1. The first-order valence-electron chi connectivity index (χ1n) is 12.5. The number of pyridine rings is 2. The SMILES string of the molecule is CCCCOC(C)n1cc(-c2ccc(OCc3ncc(C(F)(F)F)cc3F)cc2OC)nc1-c1ccc(F)nc1. The Morgan fingerprint density at radius 2 is 1.82 bits per heavy atom. The number of imidazole rings is 1. The quantitative estimate of drug-likeness (QED) is 0.109. The Hall–Kier alpha value is -4.06. The molecule has 0 spiro atoms. The standard InChI is InChI=1S/C28H27F5N4O3/c1-4-5-10-39-17(2)37-15-23(36-27(37)18-6-9-26(30)35-13-18)21-8-7-20(12-25(21)38-3)40-16-24-22(29)11-19(14-34-24)28(31,32)33/h6-9,11-15,17H,4-5,10,16H2,1-3H3. The fraction of sp³-hybridized carbons (Fsp3) is 0.321. The number of alkyl halides is 3. The summed E-state index contributed by atoms with van der Waals surface area (Å²) in [6, 6.07) is 8.04. The lowest BCUT2D eigenvalue weighted by Gasteiger charge is -2.17. The monoisotopic (exact) mass is 562 g/mol. The van der Waals surface area contributed by atoms with Gasteiger partial charge in [-0.3, -0.25) is 4.98 Å². The van der Waals surface area contributed by atoms with Gasteiger partial charge in [0, 0.05) is 42.4 Å². The van der Waals surface area contributed by atoms with Crippen LogP contribution < -0.4 is 9.47 Å². The third-order valence-electron chi connectivity index (χ3n) is 6.04. The summed E-state index contributed by atoms with van der Waals surface area (Å²) < 4.78 is 84.9. The van der Waals surface area contributed by atoms with Crippen LogP contribution in [0.5, 0.6) is 11.5 Å². The molecule has 3 heterocycles. The number of hydrogen-bond acceptors (Lipinski definition) is 6. The normalized spacial score (nSPS) is 12.4. The molecule has 7 nitrogen and oxygen atoms in total. The predicted octanol–water partition coefficient (Wildman–Crippen LogP) is 7.23. The highest BCUT2D eigenvalue weighted by atomic mass is 19.4. The van der Waals surface area contributed by atoms with E-state index in [1.165, 1.54) is 19.4 Å². The van der Waals surface area contributed by atoms with Crippen LogP contribution in [0.15, 0.2) is 55.0 Å². The summed E-state index contributed by atoms with van der Waals surface area (Å²) in [5.74, 6) is -0.565. The minimum absolute atomic E-state index is 0.274.